The molecule has 3 amide bonds. The van der Waals surface area contributed by atoms with Gasteiger partial charge in [0.25, 0.3) is 11.8 Å². The lowest BCUT2D eigenvalue weighted by atomic mass is 9.96. The zero-order valence-electron chi connectivity index (χ0n) is 19.5. The van der Waals surface area contributed by atoms with Crippen LogP contribution in [0.25, 0.3) is 0 Å². The van der Waals surface area contributed by atoms with Crippen LogP contribution in [0.1, 0.15) is 70.1 Å². The molecule has 4 rings (SSSR count). The summed E-state index contributed by atoms with van der Waals surface area (Å²) in [6.45, 7) is 3.54. The van der Waals surface area contributed by atoms with Crippen molar-refractivity contribution in [3.63, 3.8) is 0 Å². The Morgan fingerprint density at radius 1 is 1.09 bits per heavy atom. The van der Waals surface area contributed by atoms with Crippen LogP contribution in [-0.2, 0) is 4.79 Å². The van der Waals surface area contributed by atoms with Gasteiger partial charge < -0.3 is 15.5 Å². The molecule has 2 aromatic rings. The highest BCUT2D eigenvalue weighted by molar-refractivity contribution is 7.15. The van der Waals surface area contributed by atoms with Gasteiger partial charge in [0.05, 0.1) is 5.92 Å². The summed E-state index contributed by atoms with van der Waals surface area (Å²) in [5.74, 6) is -0.902. The van der Waals surface area contributed by atoms with Crippen molar-refractivity contribution in [1.29, 1.82) is 0 Å². The van der Waals surface area contributed by atoms with Gasteiger partial charge in [-0.1, -0.05) is 40.7 Å². The van der Waals surface area contributed by atoms with Crippen molar-refractivity contribution < 1.29 is 14.4 Å². The predicted molar refractivity (Wildman–Crippen MR) is 132 cm³/mol. The Labute approximate surface area is 203 Å². The predicted octanol–water partition coefficient (Wildman–Crippen LogP) is 3.96. The molecular weight excluding hydrogens is 450 g/mol. The average molecular weight is 482 g/mol. The second-order valence-electron chi connectivity index (χ2n) is 8.97. The van der Waals surface area contributed by atoms with E-state index in [2.05, 4.69) is 26.9 Å². The van der Waals surface area contributed by atoms with Gasteiger partial charge in [0.2, 0.25) is 15.9 Å². The molecule has 1 aromatic heterocycles. The first-order valence-corrected chi connectivity index (χ1v) is 12.8. The van der Waals surface area contributed by atoms with Crippen molar-refractivity contribution in [2.75, 3.05) is 25.0 Å². The van der Waals surface area contributed by atoms with E-state index in [9.17, 15) is 14.4 Å². The number of aryl methyl sites for hydroxylation is 1. The number of allylic oxidation sites excluding steroid dienone is 1. The number of carbonyl (C=O) groups excluding carboxylic acids is 3. The maximum atomic E-state index is 13.0. The lowest BCUT2D eigenvalue weighted by Crippen LogP contribution is -2.45. The highest BCUT2D eigenvalue weighted by atomic mass is 32.1. The van der Waals surface area contributed by atoms with E-state index in [-0.39, 0.29) is 27.7 Å². The summed E-state index contributed by atoms with van der Waals surface area (Å²) in [4.78, 5) is 39.8. The molecule has 1 atom stereocenters. The topological polar surface area (TPSA) is 104 Å². The van der Waals surface area contributed by atoms with Gasteiger partial charge in [-0.2, -0.15) is 0 Å². The van der Waals surface area contributed by atoms with E-state index in [0.717, 1.165) is 49.0 Å². The summed E-state index contributed by atoms with van der Waals surface area (Å²) < 4.78 is 0. The van der Waals surface area contributed by atoms with Crippen molar-refractivity contribution in [3.05, 3.63) is 51.5 Å². The average Bonchev–Trinajstić information content (AvgIpc) is 3.36. The highest BCUT2D eigenvalue weighted by Crippen LogP contribution is 2.22. The third-order valence-corrected chi connectivity index (χ3v) is 7.23. The molecule has 8 nitrogen and oxygen atoms in total. The number of anilines is 1. The van der Waals surface area contributed by atoms with E-state index in [1.807, 2.05) is 31.2 Å². The van der Waals surface area contributed by atoms with Crippen molar-refractivity contribution >= 4 is 34.7 Å². The molecule has 1 aliphatic heterocycles. The first-order valence-electron chi connectivity index (χ1n) is 12.0. The van der Waals surface area contributed by atoms with Crippen LogP contribution in [0.4, 0.5) is 5.69 Å². The lowest BCUT2D eigenvalue weighted by molar-refractivity contribution is -0.126. The number of nitrogens with one attached hydrogen (secondary N) is 2. The third-order valence-electron chi connectivity index (χ3n) is 6.32. The molecule has 2 heterocycles. The molecule has 1 unspecified atom stereocenters. The van der Waals surface area contributed by atoms with Gasteiger partial charge >= 0.3 is 0 Å². The smallest absolute Gasteiger partial charge is 0.286 e. The van der Waals surface area contributed by atoms with Crippen LogP contribution in [0.3, 0.4) is 0 Å². The summed E-state index contributed by atoms with van der Waals surface area (Å²) >= 11 is 0.972. The molecule has 2 N–H and O–H groups in total. The Balaban J connectivity index is 1.29. The number of hydrogen-bond acceptors (Lipinski definition) is 6. The Morgan fingerprint density at radius 2 is 1.88 bits per heavy atom. The van der Waals surface area contributed by atoms with Crippen LogP contribution in [-0.4, -0.2) is 52.5 Å². The molecule has 1 aliphatic carbocycles. The normalized spacial score (nSPS) is 18.2. The Bertz CT molecular complexity index is 1060. The zero-order chi connectivity index (χ0) is 23.9. The molecule has 1 saturated heterocycles. The summed E-state index contributed by atoms with van der Waals surface area (Å²) in [6.07, 6.45) is 9.49. The molecule has 0 radical (unpaired) electrons. The second kappa shape index (κ2) is 11.4. The number of piperidine rings is 1. The molecule has 1 aromatic carbocycles. The van der Waals surface area contributed by atoms with E-state index in [4.69, 9.17) is 0 Å². The molecule has 0 spiro atoms. The van der Waals surface area contributed by atoms with Crippen LogP contribution in [0, 0.1) is 12.8 Å². The van der Waals surface area contributed by atoms with Gasteiger partial charge in [-0.05, 0) is 64.0 Å². The molecule has 2 aliphatic rings. The van der Waals surface area contributed by atoms with Gasteiger partial charge in [-0.25, -0.2) is 0 Å². The number of likely N-dealkylation sites (tertiary alicyclic amines) is 1. The fourth-order valence-corrected chi connectivity index (χ4v) is 5.06. The summed E-state index contributed by atoms with van der Waals surface area (Å²) in [5, 5.41) is 14.0. The van der Waals surface area contributed by atoms with Crippen LogP contribution in [0.15, 0.2) is 35.9 Å². The van der Waals surface area contributed by atoms with Crippen LogP contribution in [0.5, 0.6) is 0 Å². The monoisotopic (exact) mass is 481 g/mol. The van der Waals surface area contributed by atoms with E-state index in [1.165, 1.54) is 18.4 Å². The maximum Gasteiger partial charge on any atom is 0.286 e. The van der Waals surface area contributed by atoms with E-state index < -0.39 is 5.91 Å². The molecule has 1 fully saturated rings. The highest BCUT2D eigenvalue weighted by Gasteiger charge is 2.30. The van der Waals surface area contributed by atoms with Gasteiger partial charge in [0.1, 0.15) is 0 Å². The van der Waals surface area contributed by atoms with Gasteiger partial charge in [0.15, 0.2) is 0 Å². The van der Waals surface area contributed by atoms with Crippen molar-refractivity contribution in [3.8, 4) is 0 Å². The molecular formula is C25H31N5O3S. The number of amides is 3. The Hall–Kier alpha value is -3.07. The third kappa shape index (κ3) is 6.28. The Morgan fingerprint density at radius 3 is 2.65 bits per heavy atom. The van der Waals surface area contributed by atoms with Crippen LogP contribution in [0.2, 0.25) is 0 Å². The maximum absolute atomic E-state index is 13.0. The fourth-order valence-electron chi connectivity index (χ4n) is 4.36. The Kier molecular flexibility index (Phi) is 8.05. The quantitative estimate of drug-likeness (QED) is 0.583. The molecule has 34 heavy (non-hydrogen) atoms. The van der Waals surface area contributed by atoms with E-state index >= 15 is 0 Å². The SMILES string of the molecule is Cc1ccc(NC(=O)c2nnc(C(=O)N3CCCC(C(=O)NCCC4=CCCCC4)C3)s2)cc1. The number of benzene rings is 1. The molecule has 0 bridgehead atoms. The summed E-state index contributed by atoms with van der Waals surface area (Å²) in [5.41, 5.74) is 3.19. The number of aromatic nitrogens is 2. The number of rotatable bonds is 7. The van der Waals surface area contributed by atoms with Crippen LogP contribution >= 0.6 is 11.3 Å². The number of carbonyl (C=O) groups is 3. The first kappa shape index (κ1) is 24.1. The minimum Gasteiger partial charge on any atom is -0.355 e. The molecule has 9 heteroatoms. The standard InChI is InChI=1S/C25H31N5O3S/c1-17-9-11-20(12-10-17)27-22(32)23-28-29-24(34-23)25(33)30-15-5-8-19(16-30)21(31)26-14-13-18-6-3-2-4-7-18/h6,9-12,19H,2-5,7-8,13-16H2,1H3,(H,26,31)(H,27,32). The minimum atomic E-state index is -0.399. The van der Waals surface area contributed by atoms with E-state index in [0.29, 0.717) is 25.3 Å². The van der Waals surface area contributed by atoms with Crippen LogP contribution < -0.4 is 10.6 Å². The summed E-state index contributed by atoms with van der Waals surface area (Å²) in [7, 11) is 0. The van der Waals surface area contributed by atoms with Gasteiger partial charge in [-0.3, -0.25) is 14.4 Å². The van der Waals surface area contributed by atoms with Gasteiger partial charge in [0, 0.05) is 25.3 Å². The second-order valence-corrected chi connectivity index (χ2v) is 9.95. The fraction of sp³-hybridized carbons (Fsp3) is 0.480. The largest absolute Gasteiger partial charge is 0.355 e. The van der Waals surface area contributed by atoms with Gasteiger partial charge in [-0.15, -0.1) is 10.2 Å². The van der Waals surface area contributed by atoms with Crippen molar-refractivity contribution in [1.82, 2.24) is 20.4 Å². The number of nitrogens with zero attached hydrogens (tertiary/aromatic N) is 3. The van der Waals surface area contributed by atoms with Crippen molar-refractivity contribution in [2.45, 2.75) is 51.9 Å². The molecule has 0 saturated carbocycles. The summed E-state index contributed by atoms with van der Waals surface area (Å²) in [6, 6.07) is 7.43. The van der Waals surface area contributed by atoms with E-state index in [1.54, 1.807) is 4.90 Å². The minimum absolute atomic E-state index is 0.00402. The molecule has 180 valence electrons. The first-order chi connectivity index (χ1) is 16.5. The zero-order valence-corrected chi connectivity index (χ0v) is 20.3. The number of hydrogen-bond donors (Lipinski definition) is 2. The van der Waals surface area contributed by atoms with Crippen molar-refractivity contribution in [2.24, 2.45) is 5.92 Å². The lowest BCUT2D eigenvalue weighted by Gasteiger charge is -2.31.